The van der Waals surface area contributed by atoms with Crippen molar-refractivity contribution >= 4 is 49.7 Å². The normalized spacial score (nSPS) is 12.7. The summed E-state index contributed by atoms with van der Waals surface area (Å²) >= 11 is 0. The maximum Gasteiger partial charge on any atom is 1.00 e. The van der Waals surface area contributed by atoms with Gasteiger partial charge in [-0.1, -0.05) is 12.2 Å². The molecule has 10 N–H and O–H groups in total. The Balaban J connectivity index is -0.0000000518. The molecular weight excluding hydrogens is 625 g/mol. The molecule has 30 heteroatoms. The number of hydrogen-bond donors (Lipinski definition) is 10. The van der Waals surface area contributed by atoms with Crippen LogP contribution >= 0.6 is 39.5 Å². The summed E-state index contributed by atoms with van der Waals surface area (Å²) in [5.74, 6) is -0.340. The van der Waals surface area contributed by atoms with Crippen molar-refractivity contribution in [1.29, 1.82) is 0 Å². The Bertz CT molecular complexity index is 708. The summed E-state index contributed by atoms with van der Waals surface area (Å²) < 4.78 is 123. The summed E-state index contributed by atoms with van der Waals surface area (Å²) in [6, 6.07) is 0. The van der Waals surface area contributed by atoms with E-state index in [9.17, 15) is 29.4 Å². The van der Waals surface area contributed by atoms with E-state index in [4.69, 9.17) is 76.3 Å². The van der Waals surface area contributed by atoms with Crippen molar-refractivity contribution in [1.82, 2.24) is 0 Å². The standard InChI is InChI=1S/C4H8O3S.5FH2O3P.Li/c1-4(2)3-8(5,6)7;5*1-5(2,3)4;/h1,3H2,2H3,(H,5,6,7);5*(H2,2,3,4);/q;;;;;;+1/p-1. The third-order valence-corrected chi connectivity index (χ3v) is 1.29. The van der Waals surface area contributed by atoms with E-state index >= 15 is 0 Å². The zero-order valence-corrected chi connectivity index (χ0v) is 21.5. The van der Waals surface area contributed by atoms with E-state index < -0.39 is 49.7 Å². The van der Waals surface area contributed by atoms with Crippen molar-refractivity contribution in [2.24, 2.45) is 0 Å². The molecule has 0 saturated heterocycles. The minimum atomic E-state index is -5.39. The van der Waals surface area contributed by atoms with Gasteiger partial charge in [0.25, 0.3) is 10.1 Å². The van der Waals surface area contributed by atoms with Gasteiger partial charge in [0.2, 0.25) is 0 Å². The Morgan fingerprint density at radius 2 is 0.794 bits per heavy atom. The molecule has 208 valence electrons. The Kier molecular flexibility index (Phi) is 32.8. The van der Waals surface area contributed by atoms with Crippen molar-refractivity contribution in [3.05, 3.63) is 12.2 Å². The minimum Gasteiger partial charge on any atom is -0.753 e. The smallest absolute Gasteiger partial charge is 0.753 e. The molecule has 0 saturated carbocycles. The van der Waals surface area contributed by atoms with Crippen molar-refractivity contribution in [3.8, 4) is 0 Å². The molecule has 0 rings (SSSR count). The van der Waals surface area contributed by atoms with Gasteiger partial charge in [0.05, 0.1) is 5.75 Å². The molecule has 0 heterocycles. The van der Waals surface area contributed by atoms with Crippen LogP contribution in [0.2, 0.25) is 0 Å². The Morgan fingerprint density at radius 3 is 0.794 bits per heavy atom. The van der Waals surface area contributed by atoms with E-state index in [-0.39, 0.29) is 24.6 Å². The van der Waals surface area contributed by atoms with Crippen molar-refractivity contribution in [2.45, 2.75) is 6.92 Å². The molecule has 0 radical (unpaired) electrons. The van der Waals surface area contributed by atoms with Crippen LogP contribution in [0.1, 0.15) is 6.92 Å². The summed E-state index contributed by atoms with van der Waals surface area (Å²) in [6.45, 7) is 4.84. The summed E-state index contributed by atoms with van der Waals surface area (Å²) in [6.07, 6.45) is 0. The van der Waals surface area contributed by atoms with Crippen LogP contribution in [-0.4, -0.2) is 62.8 Å². The predicted molar refractivity (Wildman–Crippen MR) is 94.8 cm³/mol. The first-order chi connectivity index (χ1) is 13.4. The first-order valence-electron chi connectivity index (χ1n) is 5.75. The third kappa shape index (κ3) is 1030. The summed E-state index contributed by atoms with van der Waals surface area (Å²) in [7, 11) is -29.8. The van der Waals surface area contributed by atoms with Crippen molar-refractivity contribution in [2.75, 3.05) is 5.75 Å². The van der Waals surface area contributed by atoms with Crippen LogP contribution in [0.25, 0.3) is 0 Å². The van der Waals surface area contributed by atoms with Crippen LogP contribution in [0.3, 0.4) is 0 Å². The van der Waals surface area contributed by atoms with Gasteiger partial charge in [-0.05, 0) is 6.92 Å². The van der Waals surface area contributed by atoms with E-state index in [0.717, 1.165) is 0 Å². The molecular formula is C4H17F5LiO18P5S. The summed E-state index contributed by atoms with van der Waals surface area (Å²) in [4.78, 5) is 71.1. The largest absolute Gasteiger partial charge is 1.00 e. The molecule has 0 aliphatic carbocycles. The van der Waals surface area contributed by atoms with Crippen LogP contribution in [0.15, 0.2) is 12.2 Å². The van der Waals surface area contributed by atoms with E-state index in [1.165, 1.54) is 6.92 Å². The molecule has 0 aromatic heterocycles. The zero-order valence-electron chi connectivity index (χ0n) is 16.2. The summed E-state index contributed by atoms with van der Waals surface area (Å²) in [5.41, 5.74) is 0.438. The Hall–Kier alpha value is 0.647. The van der Waals surface area contributed by atoms with E-state index in [0.29, 0.717) is 5.57 Å². The van der Waals surface area contributed by atoms with E-state index in [1.807, 2.05) is 0 Å². The topological polar surface area (TPSA) is 345 Å². The Labute approximate surface area is 199 Å². The molecule has 0 aromatic carbocycles. The van der Waals surface area contributed by atoms with Gasteiger partial charge in [-0.25, -0.2) is 18.3 Å². The molecule has 0 amide bonds. The molecule has 1 atom stereocenters. The third-order valence-electron chi connectivity index (χ3n) is 0.429. The SMILES string of the molecule is C=C(C)CS(=O)(=O)O.O=P(O)(O)F.O=P(O)(O)F.O=P(O)(O)F.O=P(O)(O)F.O=P([O-])(O)F.[Li+]. The van der Waals surface area contributed by atoms with E-state index in [1.54, 1.807) is 0 Å². The molecule has 0 aromatic rings. The molecule has 0 fully saturated rings. The van der Waals surface area contributed by atoms with Crippen LogP contribution in [-0.2, 0) is 32.9 Å². The van der Waals surface area contributed by atoms with Gasteiger partial charge in [0.15, 0.2) is 0 Å². The molecule has 34 heavy (non-hydrogen) atoms. The number of hydrogen-bond acceptors (Lipinski definition) is 8. The summed E-state index contributed by atoms with van der Waals surface area (Å²) in [5, 5.41) is 0. The zero-order chi connectivity index (χ0) is 29.3. The monoisotopic (exact) mass is 642 g/mol. The van der Waals surface area contributed by atoms with Crippen LogP contribution in [0.5, 0.6) is 0 Å². The molecule has 1 unspecified atom stereocenters. The van der Waals surface area contributed by atoms with Crippen LogP contribution in [0.4, 0.5) is 21.0 Å². The van der Waals surface area contributed by atoms with Crippen molar-refractivity contribution in [3.63, 3.8) is 0 Å². The van der Waals surface area contributed by atoms with Crippen LogP contribution < -0.4 is 23.8 Å². The van der Waals surface area contributed by atoms with E-state index in [2.05, 4.69) is 6.58 Å². The maximum absolute atomic E-state index is 10.4. The van der Waals surface area contributed by atoms with Gasteiger partial charge in [-0.3, -0.25) is 48.3 Å². The van der Waals surface area contributed by atoms with Gasteiger partial charge in [0, 0.05) is 0 Å². The van der Waals surface area contributed by atoms with Crippen LogP contribution in [0, 0.1) is 0 Å². The molecule has 18 nitrogen and oxygen atoms in total. The average molecular weight is 642 g/mol. The second kappa shape index (κ2) is 21.7. The second-order valence-corrected chi connectivity index (χ2v) is 10.2. The predicted octanol–water partition coefficient (Wildman–Crippen LogP) is -2.93. The average Bonchev–Trinajstić information content (AvgIpc) is 2.09. The fourth-order valence-corrected chi connectivity index (χ4v) is 0.934. The van der Waals surface area contributed by atoms with Gasteiger partial charge >= 0.3 is 58.4 Å². The first kappa shape index (κ1) is 51.3. The van der Waals surface area contributed by atoms with Gasteiger partial charge in [-0.2, -0.15) is 12.6 Å². The molecule has 0 aliphatic rings. The second-order valence-electron chi connectivity index (χ2n) is 4.03. The van der Waals surface area contributed by atoms with Crippen molar-refractivity contribution < 1.29 is 125 Å². The Morgan fingerprint density at radius 1 is 0.706 bits per heavy atom. The number of rotatable bonds is 2. The van der Waals surface area contributed by atoms with Gasteiger partial charge < -0.3 is 9.79 Å². The maximum atomic E-state index is 10.4. The first-order valence-corrected chi connectivity index (χ1v) is 14.8. The molecule has 0 spiro atoms. The molecule has 0 bridgehead atoms. The van der Waals surface area contributed by atoms with Gasteiger partial charge in [-0.15, -0.1) is 16.8 Å². The molecule has 0 aliphatic heterocycles. The fourth-order valence-electron chi connectivity index (χ4n) is 0.311. The quantitative estimate of drug-likeness (QED) is 0.0473. The van der Waals surface area contributed by atoms with Gasteiger partial charge in [0.1, 0.15) is 0 Å². The minimum absolute atomic E-state index is 0. The fraction of sp³-hybridized carbons (Fsp3) is 0.500. The number of halogens is 5.